The van der Waals surface area contributed by atoms with Crippen molar-refractivity contribution in [1.29, 1.82) is 0 Å². The number of ether oxygens (including phenoxy) is 1. The van der Waals surface area contributed by atoms with E-state index < -0.39 is 11.7 Å². The van der Waals surface area contributed by atoms with E-state index in [1.807, 2.05) is 48.5 Å². The molecule has 0 saturated carbocycles. The molecular weight excluding hydrogens is 470 g/mol. The van der Waals surface area contributed by atoms with E-state index in [1.54, 1.807) is 17.0 Å². The summed E-state index contributed by atoms with van der Waals surface area (Å²) in [5, 5.41) is 2.45. The molecule has 5 rings (SSSR count). The van der Waals surface area contributed by atoms with Crippen molar-refractivity contribution in [3.63, 3.8) is 0 Å². The van der Waals surface area contributed by atoms with E-state index in [9.17, 15) is 14.4 Å². The van der Waals surface area contributed by atoms with Crippen LogP contribution in [0.25, 0.3) is 5.65 Å². The van der Waals surface area contributed by atoms with E-state index in [0.717, 1.165) is 25.2 Å². The smallest absolute Gasteiger partial charge is 0.412 e. The molecule has 1 aliphatic rings. The molecule has 1 saturated heterocycles. The van der Waals surface area contributed by atoms with Gasteiger partial charge in [0.25, 0.3) is 11.5 Å². The van der Waals surface area contributed by atoms with Crippen LogP contribution < -0.4 is 10.9 Å². The van der Waals surface area contributed by atoms with Crippen LogP contribution in [-0.4, -0.2) is 57.4 Å². The fraction of sp³-hybridized carbons (Fsp3) is 0.214. The highest BCUT2D eigenvalue weighted by molar-refractivity contribution is 6.00. The van der Waals surface area contributed by atoms with E-state index >= 15 is 0 Å². The molecule has 0 aliphatic carbocycles. The van der Waals surface area contributed by atoms with E-state index in [1.165, 1.54) is 22.4 Å². The number of carbonyl (C=O) groups is 2. The number of rotatable bonds is 6. The van der Waals surface area contributed by atoms with Crippen molar-refractivity contribution in [1.82, 2.24) is 19.2 Å². The van der Waals surface area contributed by atoms with E-state index in [4.69, 9.17) is 4.74 Å². The number of aromatic nitrogens is 2. The lowest BCUT2D eigenvalue weighted by atomic mass is 10.1. The van der Waals surface area contributed by atoms with Gasteiger partial charge in [-0.15, -0.1) is 0 Å². The lowest BCUT2D eigenvalue weighted by Crippen LogP contribution is -2.48. The van der Waals surface area contributed by atoms with Gasteiger partial charge in [-0.3, -0.25) is 24.2 Å². The van der Waals surface area contributed by atoms with Crippen LogP contribution in [-0.2, 0) is 17.9 Å². The second kappa shape index (κ2) is 11.0. The Morgan fingerprint density at radius 3 is 2.24 bits per heavy atom. The minimum Gasteiger partial charge on any atom is -0.444 e. The number of piperazine rings is 1. The predicted octanol–water partition coefficient (Wildman–Crippen LogP) is 3.40. The second-order valence-electron chi connectivity index (χ2n) is 8.83. The lowest BCUT2D eigenvalue weighted by molar-refractivity contribution is 0.0629. The SMILES string of the molecule is O=C(Nc1cnc2c(C(=O)N3CCN(Cc4ccccc4)CC3)cccn2c1=O)OCc1ccccc1. The normalized spacial score (nSPS) is 13.9. The van der Waals surface area contributed by atoms with Crippen molar-refractivity contribution in [2.24, 2.45) is 0 Å². The summed E-state index contributed by atoms with van der Waals surface area (Å²) in [7, 11) is 0. The van der Waals surface area contributed by atoms with Gasteiger partial charge in [0.15, 0.2) is 5.65 Å². The van der Waals surface area contributed by atoms with Gasteiger partial charge in [0.1, 0.15) is 12.3 Å². The molecule has 0 bridgehead atoms. The summed E-state index contributed by atoms with van der Waals surface area (Å²) in [6.07, 6.45) is 2.03. The largest absolute Gasteiger partial charge is 0.444 e. The molecule has 4 aromatic rings. The molecule has 2 amide bonds. The Balaban J connectivity index is 1.25. The van der Waals surface area contributed by atoms with E-state index in [0.29, 0.717) is 18.7 Å². The average Bonchev–Trinajstić information content (AvgIpc) is 2.94. The molecule has 1 N–H and O–H groups in total. The molecule has 1 fully saturated rings. The van der Waals surface area contributed by atoms with Crippen LogP contribution in [0, 0.1) is 0 Å². The standard InChI is InChI=1S/C28H27N5O4/c34-26(32-16-14-31(15-17-32)19-21-8-3-1-4-9-21)23-12-7-13-33-25(23)29-18-24(27(33)35)30-28(36)37-20-22-10-5-2-6-11-22/h1-13,18H,14-17,19-20H2,(H,30,36). The van der Waals surface area contributed by atoms with Gasteiger partial charge >= 0.3 is 6.09 Å². The van der Waals surface area contributed by atoms with Gasteiger partial charge < -0.3 is 9.64 Å². The third-order valence-electron chi connectivity index (χ3n) is 6.32. The van der Waals surface area contributed by atoms with Crippen molar-refractivity contribution >= 4 is 23.3 Å². The van der Waals surface area contributed by atoms with Gasteiger partial charge in [-0.1, -0.05) is 60.7 Å². The summed E-state index contributed by atoms with van der Waals surface area (Å²) in [5.41, 5.74) is 2.13. The van der Waals surface area contributed by atoms with Crippen LogP contribution in [0.4, 0.5) is 10.5 Å². The maximum Gasteiger partial charge on any atom is 0.412 e. The summed E-state index contributed by atoms with van der Waals surface area (Å²) in [5.74, 6) is -0.174. The molecular formula is C28H27N5O4. The molecule has 0 spiro atoms. The molecule has 0 unspecified atom stereocenters. The van der Waals surface area contributed by atoms with Gasteiger partial charge in [0.2, 0.25) is 0 Å². The van der Waals surface area contributed by atoms with Crippen molar-refractivity contribution in [3.8, 4) is 0 Å². The van der Waals surface area contributed by atoms with Crippen LogP contribution in [0.5, 0.6) is 0 Å². The Morgan fingerprint density at radius 2 is 1.54 bits per heavy atom. The average molecular weight is 498 g/mol. The minimum absolute atomic E-state index is 0.0327. The Bertz CT molecular complexity index is 1450. The summed E-state index contributed by atoms with van der Waals surface area (Å²) < 4.78 is 6.47. The highest BCUT2D eigenvalue weighted by atomic mass is 16.5. The first-order valence-corrected chi connectivity index (χ1v) is 12.1. The fourth-order valence-corrected chi connectivity index (χ4v) is 4.35. The van der Waals surface area contributed by atoms with Gasteiger partial charge in [-0.2, -0.15) is 0 Å². The highest BCUT2D eigenvalue weighted by Gasteiger charge is 2.24. The molecule has 37 heavy (non-hydrogen) atoms. The molecule has 3 heterocycles. The Kier molecular flexibility index (Phi) is 7.23. The Hall–Kier alpha value is -4.50. The lowest BCUT2D eigenvalue weighted by Gasteiger charge is -2.34. The Labute approximate surface area is 213 Å². The number of fused-ring (bicyclic) bond motifs is 1. The third kappa shape index (κ3) is 5.68. The van der Waals surface area contributed by atoms with Crippen molar-refractivity contribution in [3.05, 3.63) is 112 Å². The molecule has 0 atom stereocenters. The van der Waals surface area contributed by atoms with Crippen molar-refractivity contribution in [2.45, 2.75) is 13.2 Å². The summed E-state index contributed by atoms with van der Waals surface area (Å²) in [6, 6.07) is 22.8. The van der Waals surface area contributed by atoms with Gasteiger partial charge in [-0.25, -0.2) is 9.78 Å². The van der Waals surface area contributed by atoms with Crippen LogP contribution >= 0.6 is 0 Å². The third-order valence-corrected chi connectivity index (χ3v) is 6.32. The predicted molar refractivity (Wildman–Crippen MR) is 139 cm³/mol. The van der Waals surface area contributed by atoms with Gasteiger partial charge in [-0.05, 0) is 23.3 Å². The molecule has 1 aliphatic heterocycles. The number of nitrogens with zero attached hydrogens (tertiary/aromatic N) is 4. The fourth-order valence-electron chi connectivity index (χ4n) is 4.35. The van der Waals surface area contributed by atoms with Gasteiger partial charge in [0, 0.05) is 38.9 Å². The van der Waals surface area contributed by atoms with Crippen LogP contribution in [0.1, 0.15) is 21.5 Å². The number of carbonyl (C=O) groups excluding carboxylic acids is 2. The van der Waals surface area contributed by atoms with E-state index in [2.05, 4.69) is 27.3 Å². The zero-order valence-electron chi connectivity index (χ0n) is 20.2. The summed E-state index contributed by atoms with van der Waals surface area (Å²) in [6.45, 7) is 3.62. The van der Waals surface area contributed by atoms with Crippen LogP contribution in [0.3, 0.4) is 0 Å². The monoisotopic (exact) mass is 497 g/mol. The first-order valence-electron chi connectivity index (χ1n) is 12.1. The zero-order chi connectivity index (χ0) is 25.6. The van der Waals surface area contributed by atoms with Crippen LogP contribution in [0.15, 0.2) is 90.0 Å². The van der Waals surface area contributed by atoms with E-state index in [-0.39, 0.29) is 23.8 Å². The minimum atomic E-state index is -0.761. The molecule has 0 radical (unpaired) electrons. The summed E-state index contributed by atoms with van der Waals surface area (Å²) >= 11 is 0. The summed E-state index contributed by atoms with van der Waals surface area (Å²) in [4.78, 5) is 47.0. The first-order chi connectivity index (χ1) is 18.1. The highest BCUT2D eigenvalue weighted by Crippen LogP contribution is 2.15. The molecule has 188 valence electrons. The van der Waals surface area contributed by atoms with Crippen molar-refractivity contribution < 1.29 is 14.3 Å². The number of hydrogen-bond acceptors (Lipinski definition) is 6. The Morgan fingerprint density at radius 1 is 0.865 bits per heavy atom. The van der Waals surface area contributed by atoms with Crippen LogP contribution in [0.2, 0.25) is 0 Å². The number of pyridine rings is 1. The number of hydrogen-bond donors (Lipinski definition) is 1. The maximum atomic E-state index is 13.3. The first kappa shape index (κ1) is 24.2. The van der Waals surface area contributed by atoms with Crippen molar-refractivity contribution in [2.75, 3.05) is 31.5 Å². The second-order valence-corrected chi connectivity index (χ2v) is 8.83. The quantitative estimate of drug-likeness (QED) is 0.439. The molecule has 2 aromatic carbocycles. The number of anilines is 1. The number of amides is 2. The molecule has 9 heteroatoms. The zero-order valence-corrected chi connectivity index (χ0v) is 20.2. The molecule has 9 nitrogen and oxygen atoms in total. The number of nitrogens with one attached hydrogen (secondary N) is 1. The molecule has 2 aromatic heterocycles. The number of benzene rings is 2. The topological polar surface area (TPSA) is 96.3 Å². The maximum absolute atomic E-state index is 13.3. The van der Waals surface area contributed by atoms with Gasteiger partial charge in [0.05, 0.1) is 11.8 Å².